The van der Waals surface area contributed by atoms with Crippen molar-refractivity contribution in [2.75, 3.05) is 18.9 Å². The number of likely N-dealkylation sites (N-methyl/N-ethyl adjacent to an activating group) is 1. The molecule has 2 heterocycles. The number of carbonyl (C=O) groups excluding carboxylic acids is 1. The Morgan fingerprint density at radius 3 is 2.86 bits per heavy atom. The third-order valence-electron chi connectivity index (χ3n) is 3.54. The Balaban J connectivity index is 1.96. The third kappa shape index (κ3) is 3.53. The molecule has 2 rings (SSSR count). The Labute approximate surface area is 134 Å². The molecule has 0 aromatic carbocycles. The highest BCUT2D eigenvalue weighted by Crippen LogP contribution is 2.22. The van der Waals surface area contributed by atoms with Crippen molar-refractivity contribution in [3.8, 4) is 6.07 Å². The summed E-state index contributed by atoms with van der Waals surface area (Å²) in [5.74, 6) is -0.124. The van der Waals surface area contributed by atoms with Crippen molar-refractivity contribution in [2.45, 2.75) is 20.4 Å². The molecule has 2 aromatic heterocycles. The van der Waals surface area contributed by atoms with E-state index < -0.39 is 0 Å². The van der Waals surface area contributed by atoms with Gasteiger partial charge in [-0.3, -0.25) is 14.4 Å². The van der Waals surface area contributed by atoms with E-state index in [-0.39, 0.29) is 12.5 Å². The number of anilines is 1. The van der Waals surface area contributed by atoms with Gasteiger partial charge < -0.3 is 5.32 Å². The molecular weight excluding hydrogens is 298 g/mol. The summed E-state index contributed by atoms with van der Waals surface area (Å²) in [7, 11) is 3.81. The highest BCUT2D eigenvalue weighted by molar-refractivity contribution is 7.14. The first-order valence-electron chi connectivity index (χ1n) is 6.87. The quantitative estimate of drug-likeness (QED) is 0.916. The van der Waals surface area contributed by atoms with Gasteiger partial charge in [-0.25, -0.2) is 0 Å². The average molecular weight is 317 g/mol. The Morgan fingerprint density at radius 2 is 2.27 bits per heavy atom. The number of nitriles is 1. The zero-order valence-electron chi connectivity index (χ0n) is 13.2. The van der Waals surface area contributed by atoms with Crippen molar-refractivity contribution in [3.05, 3.63) is 34.0 Å². The SMILES string of the molecule is Cc1nn(C)c(C)c1CN(C)CC(=O)Nc1sccc1C#N. The molecule has 0 saturated heterocycles. The first-order chi connectivity index (χ1) is 10.4. The van der Waals surface area contributed by atoms with Crippen LogP contribution < -0.4 is 5.32 Å². The van der Waals surface area contributed by atoms with Crippen LogP contribution in [-0.2, 0) is 18.4 Å². The van der Waals surface area contributed by atoms with Crippen molar-refractivity contribution < 1.29 is 4.79 Å². The maximum absolute atomic E-state index is 12.1. The molecule has 7 heteroatoms. The van der Waals surface area contributed by atoms with Gasteiger partial charge in [0.05, 0.1) is 17.8 Å². The van der Waals surface area contributed by atoms with E-state index in [9.17, 15) is 4.79 Å². The molecule has 2 aromatic rings. The van der Waals surface area contributed by atoms with Crippen molar-refractivity contribution in [2.24, 2.45) is 7.05 Å². The Hall–Kier alpha value is -2.17. The monoisotopic (exact) mass is 317 g/mol. The van der Waals surface area contributed by atoms with Gasteiger partial charge in [0.1, 0.15) is 11.1 Å². The molecule has 0 aliphatic heterocycles. The molecule has 0 aliphatic rings. The maximum Gasteiger partial charge on any atom is 0.239 e. The summed E-state index contributed by atoms with van der Waals surface area (Å²) in [5.41, 5.74) is 3.73. The zero-order valence-corrected chi connectivity index (χ0v) is 14.0. The molecule has 0 radical (unpaired) electrons. The van der Waals surface area contributed by atoms with E-state index in [0.717, 1.165) is 17.0 Å². The molecule has 6 nitrogen and oxygen atoms in total. The van der Waals surface area contributed by atoms with Gasteiger partial charge in [0.2, 0.25) is 5.91 Å². The summed E-state index contributed by atoms with van der Waals surface area (Å²) in [6.45, 7) is 4.92. The second kappa shape index (κ2) is 6.73. The molecule has 1 N–H and O–H groups in total. The number of hydrogen-bond donors (Lipinski definition) is 1. The summed E-state index contributed by atoms with van der Waals surface area (Å²) in [6.07, 6.45) is 0. The Morgan fingerprint density at radius 1 is 1.55 bits per heavy atom. The minimum Gasteiger partial charge on any atom is -0.315 e. The number of thiophene rings is 1. The lowest BCUT2D eigenvalue weighted by molar-refractivity contribution is -0.117. The molecule has 0 bridgehead atoms. The molecule has 0 aliphatic carbocycles. The lowest BCUT2D eigenvalue weighted by atomic mass is 10.2. The topological polar surface area (TPSA) is 74.0 Å². The molecule has 1 amide bonds. The van der Waals surface area contributed by atoms with Crippen LogP contribution in [-0.4, -0.2) is 34.2 Å². The maximum atomic E-state index is 12.1. The van der Waals surface area contributed by atoms with Crippen LogP contribution in [0, 0.1) is 25.2 Å². The van der Waals surface area contributed by atoms with Gasteiger partial charge in [-0.05, 0) is 32.3 Å². The lowest BCUT2D eigenvalue weighted by Gasteiger charge is -2.16. The predicted octanol–water partition coefficient (Wildman–Crippen LogP) is 2.04. The number of carbonyl (C=O) groups is 1. The summed E-state index contributed by atoms with van der Waals surface area (Å²) in [6, 6.07) is 3.76. The van der Waals surface area contributed by atoms with Gasteiger partial charge in [0.25, 0.3) is 0 Å². The Kier molecular flexibility index (Phi) is 4.96. The summed E-state index contributed by atoms with van der Waals surface area (Å²) < 4.78 is 1.85. The second-order valence-electron chi connectivity index (χ2n) is 5.27. The second-order valence-corrected chi connectivity index (χ2v) is 6.18. The minimum absolute atomic E-state index is 0.124. The van der Waals surface area contributed by atoms with Crippen LogP contribution >= 0.6 is 11.3 Å². The van der Waals surface area contributed by atoms with Crippen LogP contribution in [0.15, 0.2) is 11.4 Å². The molecule has 0 atom stereocenters. The van der Waals surface area contributed by atoms with E-state index in [0.29, 0.717) is 17.1 Å². The summed E-state index contributed by atoms with van der Waals surface area (Å²) >= 11 is 1.36. The number of amides is 1. The molecule has 0 saturated carbocycles. The molecular formula is C15H19N5OS. The average Bonchev–Trinajstić information content (AvgIpc) is 2.98. The minimum atomic E-state index is -0.124. The van der Waals surface area contributed by atoms with Gasteiger partial charge in [0.15, 0.2) is 0 Å². The lowest BCUT2D eigenvalue weighted by Crippen LogP contribution is -2.30. The summed E-state index contributed by atoms with van der Waals surface area (Å²) in [4.78, 5) is 14.0. The van der Waals surface area contributed by atoms with E-state index in [2.05, 4.69) is 16.5 Å². The number of nitrogens with one attached hydrogen (secondary N) is 1. The van der Waals surface area contributed by atoms with Crippen LogP contribution in [0.2, 0.25) is 0 Å². The first kappa shape index (κ1) is 16.2. The van der Waals surface area contributed by atoms with Gasteiger partial charge in [0, 0.05) is 24.8 Å². The van der Waals surface area contributed by atoms with E-state index in [1.807, 2.05) is 37.5 Å². The van der Waals surface area contributed by atoms with Crippen LogP contribution in [0.1, 0.15) is 22.5 Å². The van der Waals surface area contributed by atoms with Crippen molar-refractivity contribution in [1.82, 2.24) is 14.7 Å². The molecule has 22 heavy (non-hydrogen) atoms. The van der Waals surface area contributed by atoms with Gasteiger partial charge in [-0.15, -0.1) is 11.3 Å². The van der Waals surface area contributed by atoms with E-state index in [1.165, 1.54) is 11.3 Å². The molecule has 0 fully saturated rings. The smallest absolute Gasteiger partial charge is 0.239 e. The van der Waals surface area contributed by atoms with Crippen LogP contribution in [0.4, 0.5) is 5.00 Å². The van der Waals surface area contributed by atoms with E-state index >= 15 is 0 Å². The fourth-order valence-corrected chi connectivity index (χ4v) is 3.03. The van der Waals surface area contributed by atoms with Crippen molar-refractivity contribution >= 4 is 22.2 Å². The number of aryl methyl sites for hydroxylation is 2. The normalized spacial score (nSPS) is 10.7. The highest BCUT2D eigenvalue weighted by atomic mass is 32.1. The van der Waals surface area contributed by atoms with Crippen LogP contribution in [0.3, 0.4) is 0 Å². The van der Waals surface area contributed by atoms with Crippen molar-refractivity contribution in [1.29, 1.82) is 5.26 Å². The largest absolute Gasteiger partial charge is 0.315 e. The number of nitrogens with zero attached hydrogens (tertiary/aromatic N) is 4. The van der Waals surface area contributed by atoms with E-state index in [4.69, 9.17) is 5.26 Å². The molecule has 116 valence electrons. The molecule has 0 spiro atoms. The van der Waals surface area contributed by atoms with Crippen LogP contribution in [0.25, 0.3) is 0 Å². The fourth-order valence-electron chi connectivity index (χ4n) is 2.28. The standard InChI is InChI=1S/C15H19N5OS/c1-10-13(11(2)20(4)18-10)8-19(3)9-14(21)17-15-12(7-16)5-6-22-15/h5-6H,8-9H2,1-4H3,(H,17,21). The van der Waals surface area contributed by atoms with Gasteiger partial charge >= 0.3 is 0 Å². The highest BCUT2D eigenvalue weighted by Gasteiger charge is 2.15. The first-order valence-corrected chi connectivity index (χ1v) is 7.75. The van der Waals surface area contributed by atoms with Gasteiger partial charge in [-0.2, -0.15) is 10.4 Å². The summed E-state index contributed by atoms with van der Waals surface area (Å²) in [5, 5.41) is 18.5. The number of rotatable bonds is 5. The van der Waals surface area contributed by atoms with Crippen LogP contribution in [0.5, 0.6) is 0 Å². The fraction of sp³-hybridized carbons (Fsp3) is 0.400. The van der Waals surface area contributed by atoms with Crippen molar-refractivity contribution in [3.63, 3.8) is 0 Å². The third-order valence-corrected chi connectivity index (χ3v) is 4.37. The van der Waals surface area contributed by atoms with Gasteiger partial charge in [-0.1, -0.05) is 0 Å². The number of hydrogen-bond acceptors (Lipinski definition) is 5. The molecule has 0 unspecified atom stereocenters. The zero-order chi connectivity index (χ0) is 16.3. The van der Waals surface area contributed by atoms with E-state index in [1.54, 1.807) is 11.4 Å². The Bertz CT molecular complexity index is 725. The predicted molar refractivity (Wildman–Crippen MR) is 86.7 cm³/mol. The number of aromatic nitrogens is 2.